The van der Waals surface area contributed by atoms with E-state index in [0.29, 0.717) is 20.9 Å². The van der Waals surface area contributed by atoms with Gasteiger partial charge in [-0.3, -0.25) is 20.0 Å². The minimum Gasteiger partial charge on any atom is -0.336 e. The molecule has 1 N–H and O–H groups in total. The molecule has 0 spiro atoms. The van der Waals surface area contributed by atoms with Crippen molar-refractivity contribution in [3.63, 3.8) is 0 Å². The molecule has 0 aliphatic carbocycles. The van der Waals surface area contributed by atoms with Crippen molar-refractivity contribution in [2.24, 2.45) is 0 Å². The number of carbonyl (C=O) groups excluding carboxylic acids is 1. The number of halogens is 2. The second kappa shape index (κ2) is 6.70. The summed E-state index contributed by atoms with van der Waals surface area (Å²) in [5, 5.41) is 19.0. The summed E-state index contributed by atoms with van der Waals surface area (Å²) in [5.74, 6) is -0.377. The summed E-state index contributed by atoms with van der Waals surface area (Å²) in [7, 11) is 1.60. The topological polar surface area (TPSA) is 92.1 Å². The van der Waals surface area contributed by atoms with Gasteiger partial charge < -0.3 is 4.90 Å². The molecule has 0 aliphatic heterocycles. The molecule has 1 aromatic heterocycles. The third-order valence-electron chi connectivity index (χ3n) is 3.73. The summed E-state index contributed by atoms with van der Waals surface area (Å²) in [6.45, 7) is 0.248. The first kappa shape index (κ1) is 17.2. The fourth-order valence-corrected chi connectivity index (χ4v) is 2.90. The number of rotatable bonds is 4. The molecule has 9 heteroatoms. The van der Waals surface area contributed by atoms with Crippen molar-refractivity contribution in [2.45, 2.75) is 6.54 Å². The van der Waals surface area contributed by atoms with Gasteiger partial charge in [0.25, 0.3) is 11.6 Å². The van der Waals surface area contributed by atoms with Crippen LogP contribution in [0.25, 0.3) is 10.9 Å². The van der Waals surface area contributed by atoms with Gasteiger partial charge in [0.15, 0.2) is 5.69 Å². The fourth-order valence-electron chi connectivity index (χ4n) is 2.44. The normalized spacial score (nSPS) is 10.8. The first-order valence-corrected chi connectivity index (χ1v) is 7.94. The number of hydrogen-bond donors (Lipinski definition) is 1. The number of aromatic nitrogens is 2. The SMILES string of the molecule is CN(Cc1ccc(Cl)cc1Cl)C(=O)c1n[nH]c2ccc([N+](=O)[O-])cc12. The number of fused-ring (bicyclic) bond motifs is 1. The Kier molecular flexibility index (Phi) is 4.61. The standard InChI is InChI=1S/C16H12Cl2N4O3/c1-21(8-9-2-3-10(17)6-13(9)18)16(23)15-12-7-11(22(24)25)4-5-14(12)19-20-15/h2-7H,8H2,1H3,(H,19,20). The van der Waals surface area contributed by atoms with E-state index in [1.54, 1.807) is 25.2 Å². The number of nitro groups is 1. The van der Waals surface area contributed by atoms with E-state index in [0.717, 1.165) is 5.56 Å². The third kappa shape index (κ3) is 3.42. The van der Waals surface area contributed by atoms with Crippen molar-refractivity contribution in [1.29, 1.82) is 0 Å². The van der Waals surface area contributed by atoms with E-state index >= 15 is 0 Å². The quantitative estimate of drug-likeness (QED) is 0.547. The number of benzene rings is 2. The van der Waals surface area contributed by atoms with Gasteiger partial charge in [0.1, 0.15) is 0 Å². The van der Waals surface area contributed by atoms with Gasteiger partial charge >= 0.3 is 0 Å². The lowest BCUT2D eigenvalue weighted by Gasteiger charge is -2.17. The maximum absolute atomic E-state index is 12.7. The van der Waals surface area contributed by atoms with Crippen molar-refractivity contribution in [3.05, 3.63) is 67.8 Å². The van der Waals surface area contributed by atoms with Gasteiger partial charge in [0, 0.05) is 41.2 Å². The molecule has 0 aliphatic rings. The maximum Gasteiger partial charge on any atom is 0.275 e. The van der Waals surface area contributed by atoms with Crippen LogP contribution in [0.3, 0.4) is 0 Å². The van der Waals surface area contributed by atoms with Gasteiger partial charge in [0.2, 0.25) is 0 Å². The van der Waals surface area contributed by atoms with Gasteiger partial charge in [0.05, 0.1) is 10.4 Å². The highest BCUT2D eigenvalue weighted by molar-refractivity contribution is 6.35. The number of hydrogen-bond acceptors (Lipinski definition) is 4. The number of H-pyrrole nitrogens is 1. The zero-order valence-corrected chi connectivity index (χ0v) is 14.5. The van der Waals surface area contributed by atoms with E-state index in [9.17, 15) is 14.9 Å². The van der Waals surface area contributed by atoms with Crippen LogP contribution in [0.5, 0.6) is 0 Å². The summed E-state index contributed by atoms with van der Waals surface area (Å²) < 4.78 is 0. The Morgan fingerprint density at radius 3 is 2.72 bits per heavy atom. The molecule has 7 nitrogen and oxygen atoms in total. The molecule has 3 rings (SSSR count). The average Bonchev–Trinajstić information content (AvgIpc) is 2.99. The van der Waals surface area contributed by atoms with Crippen molar-refractivity contribution < 1.29 is 9.72 Å². The molecule has 0 bridgehead atoms. The zero-order valence-electron chi connectivity index (χ0n) is 13.0. The summed E-state index contributed by atoms with van der Waals surface area (Å²) in [4.78, 5) is 24.5. The van der Waals surface area contributed by atoms with Crippen LogP contribution in [-0.4, -0.2) is 33.0 Å². The van der Waals surface area contributed by atoms with Crippen molar-refractivity contribution in [3.8, 4) is 0 Å². The van der Waals surface area contributed by atoms with Crippen LogP contribution < -0.4 is 0 Å². The summed E-state index contributed by atoms with van der Waals surface area (Å²) >= 11 is 12.0. The molecule has 0 unspecified atom stereocenters. The van der Waals surface area contributed by atoms with E-state index in [2.05, 4.69) is 10.2 Å². The van der Waals surface area contributed by atoms with Gasteiger partial charge in [-0.25, -0.2) is 0 Å². The van der Waals surface area contributed by atoms with E-state index in [1.807, 2.05) is 0 Å². The monoisotopic (exact) mass is 378 g/mol. The maximum atomic E-state index is 12.7. The molecule has 128 valence electrons. The molecule has 0 radical (unpaired) electrons. The molecule has 0 fully saturated rings. The second-order valence-corrected chi connectivity index (χ2v) is 6.30. The van der Waals surface area contributed by atoms with Crippen molar-refractivity contribution >= 4 is 45.7 Å². The van der Waals surface area contributed by atoms with Crippen LogP contribution in [0.4, 0.5) is 5.69 Å². The Bertz CT molecular complexity index is 987. The smallest absolute Gasteiger partial charge is 0.275 e. The minimum atomic E-state index is -0.516. The van der Waals surface area contributed by atoms with Crippen LogP contribution in [-0.2, 0) is 6.54 Å². The highest BCUT2D eigenvalue weighted by atomic mass is 35.5. The van der Waals surface area contributed by atoms with E-state index in [4.69, 9.17) is 23.2 Å². The van der Waals surface area contributed by atoms with E-state index in [-0.39, 0.29) is 23.8 Å². The molecule has 1 heterocycles. The first-order valence-electron chi connectivity index (χ1n) is 7.18. The Morgan fingerprint density at radius 1 is 1.28 bits per heavy atom. The molecule has 0 saturated carbocycles. The van der Waals surface area contributed by atoms with Crippen molar-refractivity contribution in [1.82, 2.24) is 15.1 Å². The summed E-state index contributed by atoms with van der Waals surface area (Å²) in [6, 6.07) is 9.23. The van der Waals surface area contributed by atoms with Crippen molar-refractivity contribution in [2.75, 3.05) is 7.05 Å². The average molecular weight is 379 g/mol. The minimum absolute atomic E-state index is 0.105. The van der Waals surface area contributed by atoms with Gasteiger partial charge in [-0.05, 0) is 23.8 Å². The predicted octanol–water partition coefficient (Wildman–Crippen LogP) is 4.05. The molecule has 0 atom stereocenters. The lowest BCUT2D eigenvalue weighted by atomic mass is 10.1. The van der Waals surface area contributed by atoms with Crippen LogP contribution in [0.2, 0.25) is 10.0 Å². The lowest BCUT2D eigenvalue weighted by Crippen LogP contribution is -2.26. The van der Waals surface area contributed by atoms with E-state index in [1.165, 1.54) is 23.1 Å². The highest BCUT2D eigenvalue weighted by Crippen LogP contribution is 2.25. The third-order valence-corrected chi connectivity index (χ3v) is 4.32. The number of nitrogens with one attached hydrogen (secondary N) is 1. The van der Waals surface area contributed by atoms with Gasteiger partial charge in [-0.15, -0.1) is 0 Å². The Balaban J connectivity index is 1.90. The molecule has 0 saturated heterocycles. The molecule has 25 heavy (non-hydrogen) atoms. The van der Waals surface area contributed by atoms with Crippen LogP contribution in [0.1, 0.15) is 16.1 Å². The number of amides is 1. The van der Waals surface area contributed by atoms with Crippen LogP contribution >= 0.6 is 23.2 Å². The number of nitrogens with zero attached hydrogens (tertiary/aromatic N) is 3. The Hall–Kier alpha value is -2.64. The first-order chi connectivity index (χ1) is 11.9. The summed E-state index contributed by atoms with van der Waals surface area (Å²) in [5.41, 5.74) is 1.29. The van der Waals surface area contributed by atoms with E-state index < -0.39 is 4.92 Å². The lowest BCUT2D eigenvalue weighted by molar-refractivity contribution is -0.384. The largest absolute Gasteiger partial charge is 0.336 e. The Morgan fingerprint density at radius 2 is 2.04 bits per heavy atom. The van der Waals surface area contributed by atoms with Gasteiger partial charge in [-0.2, -0.15) is 5.10 Å². The molecular weight excluding hydrogens is 367 g/mol. The second-order valence-electron chi connectivity index (χ2n) is 5.46. The van der Waals surface area contributed by atoms with Crippen LogP contribution in [0, 0.1) is 10.1 Å². The number of non-ortho nitro benzene ring substituents is 1. The molecule has 1 amide bonds. The number of nitro benzene ring substituents is 1. The van der Waals surface area contributed by atoms with Crippen LogP contribution in [0.15, 0.2) is 36.4 Å². The summed E-state index contributed by atoms with van der Waals surface area (Å²) in [6.07, 6.45) is 0. The zero-order chi connectivity index (χ0) is 18.1. The molecule has 2 aromatic carbocycles. The predicted molar refractivity (Wildman–Crippen MR) is 95.0 cm³/mol. The number of carbonyl (C=O) groups is 1. The molecule has 3 aromatic rings. The Labute approximate surface area is 152 Å². The number of aromatic amines is 1. The molecular formula is C16H12Cl2N4O3. The van der Waals surface area contributed by atoms with Gasteiger partial charge in [-0.1, -0.05) is 29.3 Å². The fraction of sp³-hybridized carbons (Fsp3) is 0.125. The highest BCUT2D eigenvalue weighted by Gasteiger charge is 2.21.